The van der Waals surface area contributed by atoms with Crippen LogP contribution in [-0.4, -0.2) is 60.1 Å². The van der Waals surface area contributed by atoms with Gasteiger partial charge in [-0.05, 0) is 20.3 Å². The molecule has 0 atom stereocenters. The molecule has 0 saturated carbocycles. The van der Waals surface area contributed by atoms with Crippen molar-refractivity contribution in [1.82, 2.24) is 0 Å². The number of carbonyl (C=O) groups excluding carboxylic acids is 4. The zero-order valence-electron chi connectivity index (χ0n) is 14.2. The van der Waals surface area contributed by atoms with Gasteiger partial charge in [-0.15, -0.1) is 0 Å². The number of Topliss-reactive ketones (excluding diaryl/α,β-unsaturated/α-hetero) is 2. The summed E-state index contributed by atoms with van der Waals surface area (Å²) in [4.78, 5) is 41.0. The smallest absolute Gasteiger partial charge is 0.466 e. The van der Waals surface area contributed by atoms with Crippen molar-refractivity contribution in [3.63, 3.8) is 0 Å². The number of hydrogen-bond acceptors (Lipinski definition) is 8. The van der Waals surface area contributed by atoms with Gasteiger partial charge in [-0.1, -0.05) is 0 Å². The van der Waals surface area contributed by atoms with Crippen LogP contribution in [0.2, 0.25) is 0 Å². The third-order valence-corrected chi connectivity index (χ3v) is 1.61. The molecule has 0 heterocycles. The summed E-state index contributed by atoms with van der Waals surface area (Å²) in [7, 11) is 0. The summed E-state index contributed by atoms with van der Waals surface area (Å²) in [5.41, 5.74) is 0. The molecule has 0 unspecified atom stereocenters. The molecule has 0 radical (unpaired) electrons. The van der Waals surface area contributed by atoms with Gasteiger partial charge in [0.05, 0.1) is 26.1 Å². The van der Waals surface area contributed by atoms with E-state index < -0.39 is 23.5 Å². The van der Waals surface area contributed by atoms with E-state index >= 15 is 0 Å². The number of rotatable bonds is 8. The Morgan fingerprint density at radius 2 is 1.08 bits per heavy atom. The van der Waals surface area contributed by atoms with Crippen LogP contribution in [0.5, 0.6) is 0 Å². The first-order valence-electron chi connectivity index (χ1n) is 6.97. The number of ether oxygens (including phenoxy) is 2. The van der Waals surface area contributed by atoms with E-state index in [4.69, 9.17) is 10.2 Å². The van der Waals surface area contributed by atoms with E-state index in [2.05, 4.69) is 23.3 Å². The van der Waals surface area contributed by atoms with Crippen LogP contribution in [0.1, 0.15) is 33.1 Å². The van der Waals surface area contributed by atoms with Crippen LogP contribution in [0.4, 0.5) is 0 Å². The normalized spacial score (nSPS) is 8.17. The zero-order chi connectivity index (χ0) is 18.7. The maximum atomic E-state index is 10.4. The molecule has 0 aromatic rings. The molecule has 0 amide bonds. The van der Waals surface area contributed by atoms with Gasteiger partial charge in [-0.2, -0.15) is 0 Å². The summed E-state index contributed by atoms with van der Waals surface area (Å²) in [5, 5.41) is 15.8. The van der Waals surface area contributed by atoms with E-state index in [-0.39, 0.29) is 47.8 Å². The summed E-state index contributed by atoms with van der Waals surface area (Å²) >= 11 is 0. The van der Waals surface area contributed by atoms with Gasteiger partial charge in [0.15, 0.2) is 0 Å². The molecule has 0 aliphatic heterocycles. The van der Waals surface area contributed by atoms with Gasteiger partial charge in [0.1, 0.15) is 0 Å². The summed E-state index contributed by atoms with van der Waals surface area (Å²) in [5.74, 6) is -1.82. The number of esters is 2. The zero-order valence-corrected chi connectivity index (χ0v) is 15.8. The predicted octanol–water partition coefficient (Wildman–Crippen LogP) is 0.0442. The Morgan fingerprint density at radius 3 is 1.21 bits per heavy atom. The predicted molar refractivity (Wildman–Crippen MR) is 82.0 cm³/mol. The molecule has 0 aromatic carbocycles. The second-order valence-corrected chi connectivity index (χ2v) is 3.84. The first kappa shape index (κ1) is 30.5. The van der Waals surface area contributed by atoms with E-state index in [0.29, 0.717) is 19.6 Å². The number of aliphatic hydroxyl groups excluding tert-OH is 2. The van der Waals surface area contributed by atoms with Crippen LogP contribution in [-0.2, 0) is 50.4 Å². The largest absolute Gasteiger partial charge is 2.00 e. The third kappa shape index (κ3) is 37.2. The number of hydrogen-bond donors (Lipinski definition) is 2. The Balaban J connectivity index is -0.000000128. The molecule has 9 heteroatoms. The standard InChI is InChI=1S/2C6H9O3.C3H8O2.Ti/c2*1-3-9-6(8)4-5(2)7;4-2-1-3-5;/h2*2-4H2,1H3;4-5H,1-3H2;/q2*-1;;+2. The number of carbonyl (C=O) groups is 4. The van der Waals surface area contributed by atoms with Crippen molar-refractivity contribution < 1.29 is 60.6 Å². The summed E-state index contributed by atoms with van der Waals surface area (Å²) < 4.78 is 8.91. The molecule has 8 nitrogen and oxygen atoms in total. The molecular formula is C15H26O8Ti. The second-order valence-electron chi connectivity index (χ2n) is 3.84. The molecule has 0 fully saturated rings. The van der Waals surface area contributed by atoms with Crippen LogP contribution in [0.15, 0.2) is 0 Å². The Morgan fingerprint density at radius 1 is 0.792 bits per heavy atom. The summed E-state index contributed by atoms with van der Waals surface area (Å²) in [6, 6.07) is 0. The van der Waals surface area contributed by atoms with Crippen molar-refractivity contribution in [2.45, 2.75) is 33.1 Å². The van der Waals surface area contributed by atoms with E-state index in [1.807, 2.05) is 0 Å². The van der Waals surface area contributed by atoms with Gasteiger partial charge >= 0.3 is 33.7 Å². The Kier molecular flexibility index (Phi) is 30.4. The fraction of sp³-hybridized carbons (Fsp3) is 0.600. The maximum absolute atomic E-state index is 10.4. The van der Waals surface area contributed by atoms with Crippen molar-refractivity contribution in [2.75, 3.05) is 26.4 Å². The van der Waals surface area contributed by atoms with Crippen LogP contribution >= 0.6 is 0 Å². The monoisotopic (exact) mass is 382 g/mol. The Labute approximate surface area is 157 Å². The minimum atomic E-state index is -0.502. The molecule has 0 aromatic heterocycles. The average molecular weight is 382 g/mol. The fourth-order valence-electron chi connectivity index (χ4n) is 0.817. The van der Waals surface area contributed by atoms with E-state index in [1.165, 1.54) is 0 Å². The first-order chi connectivity index (χ1) is 10.7. The summed E-state index contributed by atoms with van der Waals surface area (Å²) in [6.07, 6.45) is 0.0711. The minimum Gasteiger partial charge on any atom is -0.466 e. The molecule has 138 valence electrons. The molecule has 0 saturated heterocycles. The van der Waals surface area contributed by atoms with Gasteiger partial charge in [0.2, 0.25) is 0 Å². The molecule has 2 N–H and O–H groups in total. The van der Waals surface area contributed by atoms with Gasteiger partial charge in [-0.25, -0.2) is 0 Å². The van der Waals surface area contributed by atoms with Crippen LogP contribution in [0, 0.1) is 13.8 Å². The van der Waals surface area contributed by atoms with Crippen LogP contribution < -0.4 is 0 Å². The van der Waals surface area contributed by atoms with Crippen molar-refractivity contribution in [3.05, 3.63) is 13.8 Å². The number of ketones is 2. The number of aliphatic hydroxyl groups is 2. The van der Waals surface area contributed by atoms with Gasteiger partial charge < -0.3 is 43.1 Å². The quantitative estimate of drug-likeness (QED) is 0.261. The minimum absolute atomic E-state index is 0. The molecule has 0 bridgehead atoms. The van der Waals surface area contributed by atoms with Crippen LogP contribution in [0.25, 0.3) is 0 Å². The van der Waals surface area contributed by atoms with Crippen LogP contribution in [0.3, 0.4) is 0 Å². The topological polar surface area (TPSA) is 127 Å². The van der Waals surface area contributed by atoms with Gasteiger partial charge in [-0.3, -0.25) is 9.59 Å². The maximum Gasteiger partial charge on any atom is 2.00 e. The van der Waals surface area contributed by atoms with Crippen molar-refractivity contribution in [2.24, 2.45) is 0 Å². The van der Waals surface area contributed by atoms with Crippen molar-refractivity contribution in [1.29, 1.82) is 0 Å². The summed E-state index contributed by atoms with van der Waals surface area (Å²) in [6.45, 7) is 10.2. The second kappa shape index (κ2) is 23.9. The molecule has 24 heavy (non-hydrogen) atoms. The van der Waals surface area contributed by atoms with E-state index in [9.17, 15) is 19.2 Å². The Bertz CT molecular complexity index is 312. The molecule has 0 spiro atoms. The molecule has 0 aliphatic rings. The van der Waals surface area contributed by atoms with Gasteiger partial charge in [0, 0.05) is 24.8 Å². The van der Waals surface area contributed by atoms with E-state index in [0.717, 1.165) is 0 Å². The third-order valence-electron chi connectivity index (χ3n) is 1.61. The van der Waals surface area contributed by atoms with Crippen molar-refractivity contribution >= 4 is 23.5 Å². The SMILES string of the molecule is OCCCO.[CH2-]C(=O)CC(=O)OCC.[CH2-]C(=O)CC(=O)OCC.[Ti+2]. The van der Waals surface area contributed by atoms with Crippen molar-refractivity contribution in [3.8, 4) is 0 Å². The first-order valence-corrected chi connectivity index (χ1v) is 6.97. The molecular weight excluding hydrogens is 356 g/mol. The van der Waals surface area contributed by atoms with E-state index in [1.54, 1.807) is 13.8 Å². The van der Waals surface area contributed by atoms with Gasteiger partial charge in [0.25, 0.3) is 0 Å². The fourth-order valence-corrected chi connectivity index (χ4v) is 0.817. The molecule has 0 rings (SSSR count). The average Bonchev–Trinajstić information content (AvgIpc) is 2.39. The molecule has 0 aliphatic carbocycles. The Hall–Kier alpha value is -1.35.